The summed E-state index contributed by atoms with van der Waals surface area (Å²) in [6, 6.07) is 8.26. The normalized spacial score (nSPS) is 25.6. The summed E-state index contributed by atoms with van der Waals surface area (Å²) < 4.78 is 1.08. The average Bonchev–Trinajstić information content (AvgIpc) is 2.45. The minimum atomic E-state index is -0.346. The molecule has 4 heteroatoms. The molecule has 1 aliphatic rings. The molecule has 0 spiro atoms. The fourth-order valence-electron chi connectivity index (χ4n) is 3.09. The third-order valence-electron chi connectivity index (χ3n) is 4.58. The molecule has 1 fully saturated rings. The van der Waals surface area contributed by atoms with Crippen molar-refractivity contribution in [3.8, 4) is 0 Å². The van der Waals surface area contributed by atoms with Gasteiger partial charge in [0.2, 0.25) is 5.91 Å². The summed E-state index contributed by atoms with van der Waals surface area (Å²) >= 11 is 3.43. The smallest absolute Gasteiger partial charge is 0.227 e. The molecule has 1 aliphatic carbocycles. The van der Waals surface area contributed by atoms with Crippen LogP contribution in [-0.4, -0.2) is 29.9 Å². The highest BCUT2D eigenvalue weighted by atomic mass is 79.9. The first-order valence-corrected chi connectivity index (χ1v) is 8.48. The van der Waals surface area contributed by atoms with Crippen LogP contribution in [0.15, 0.2) is 28.7 Å². The molecule has 1 amide bonds. The van der Waals surface area contributed by atoms with E-state index >= 15 is 0 Å². The quantitative estimate of drug-likeness (QED) is 0.902. The monoisotopic (exact) mass is 352 g/mol. The van der Waals surface area contributed by atoms with Crippen LogP contribution in [0.25, 0.3) is 0 Å². The summed E-state index contributed by atoms with van der Waals surface area (Å²) in [7, 11) is 1.89. The maximum Gasteiger partial charge on any atom is 0.227 e. The fraction of sp³-hybridized carbons (Fsp3) is 0.588. The van der Waals surface area contributed by atoms with Gasteiger partial charge < -0.3 is 10.6 Å². The third kappa shape index (κ3) is 4.30. The van der Waals surface area contributed by atoms with Crippen LogP contribution < -0.4 is 5.73 Å². The van der Waals surface area contributed by atoms with Crippen molar-refractivity contribution >= 4 is 21.8 Å². The molecule has 3 nitrogen and oxygen atoms in total. The van der Waals surface area contributed by atoms with Crippen molar-refractivity contribution in [3.05, 3.63) is 34.3 Å². The largest absolute Gasteiger partial charge is 0.345 e. The molecule has 1 aromatic carbocycles. The number of nitrogens with zero attached hydrogens (tertiary/aromatic N) is 1. The van der Waals surface area contributed by atoms with Gasteiger partial charge >= 0.3 is 0 Å². The molecule has 21 heavy (non-hydrogen) atoms. The number of carbonyl (C=O) groups is 1. The number of likely N-dealkylation sites (N-methyl/N-ethyl adjacent to an activating group) is 1. The van der Waals surface area contributed by atoms with Crippen LogP contribution in [0.5, 0.6) is 0 Å². The molecule has 0 radical (unpaired) electrons. The molecule has 0 heterocycles. The van der Waals surface area contributed by atoms with Gasteiger partial charge in [0.05, 0.1) is 5.92 Å². The van der Waals surface area contributed by atoms with Gasteiger partial charge in [-0.2, -0.15) is 0 Å². The minimum Gasteiger partial charge on any atom is -0.345 e. The number of amides is 1. The zero-order valence-corrected chi connectivity index (χ0v) is 14.5. The van der Waals surface area contributed by atoms with E-state index in [0.29, 0.717) is 0 Å². The Morgan fingerprint density at radius 3 is 2.67 bits per heavy atom. The standard InChI is InChI=1S/C17H25BrN2O/c1-17(19)11-4-3-5-15(17)16(21)20(2)12-10-13-6-8-14(18)9-7-13/h6-9,15H,3-5,10-12,19H2,1-2H3. The average molecular weight is 353 g/mol. The maximum atomic E-state index is 12.6. The van der Waals surface area contributed by atoms with Crippen LogP contribution in [0.3, 0.4) is 0 Å². The molecule has 1 aromatic rings. The topological polar surface area (TPSA) is 46.3 Å². The van der Waals surface area contributed by atoms with Crippen LogP contribution >= 0.6 is 15.9 Å². The highest BCUT2D eigenvalue weighted by molar-refractivity contribution is 9.10. The molecule has 0 saturated heterocycles. The SMILES string of the molecule is CN(CCc1ccc(Br)cc1)C(=O)C1CCCCC1(C)N. The van der Waals surface area contributed by atoms with Crippen molar-refractivity contribution in [1.29, 1.82) is 0 Å². The van der Waals surface area contributed by atoms with E-state index in [1.54, 1.807) is 0 Å². The minimum absolute atomic E-state index is 0.0267. The van der Waals surface area contributed by atoms with E-state index in [1.807, 2.05) is 31.0 Å². The molecule has 2 rings (SSSR count). The Morgan fingerprint density at radius 1 is 1.38 bits per heavy atom. The van der Waals surface area contributed by atoms with Crippen molar-refractivity contribution in [2.24, 2.45) is 11.7 Å². The first kappa shape index (κ1) is 16.5. The third-order valence-corrected chi connectivity index (χ3v) is 5.11. The Balaban J connectivity index is 1.91. The number of halogens is 1. The number of benzene rings is 1. The van der Waals surface area contributed by atoms with E-state index in [1.165, 1.54) is 5.56 Å². The lowest BCUT2D eigenvalue weighted by Gasteiger charge is -2.39. The first-order chi connectivity index (χ1) is 9.90. The number of hydrogen-bond donors (Lipinski definition) is 1. The van der Waals surface area contributed by atoms with Crippen LogP contribution in [0.1, 0.15) is 38.2 Å². The molecule has 0 aliphatic heterocycles. The van der Waals surface area contributed by atoms with Crippen molar-refractivity contribution in [2.45, 2.75) is 44.6 Å². The number of carbonyl (C=O) groups excluding carboxylic acids is 1. The first-order valence-electron chi connectivity index (χ1n) is 7.68. The maximum absolute atomic E-state index is 12.6. The van der Waals surface area contributed by atoms with Gasteiger partial charge in [0.25, 0.3) is 0 Å². The molecule has 0 bridgehead atoms. The van der Waals surface area contributed by atoms with Gasteiger partial charge in [-0.1, -0.05) is 40.9 Å². The number of nitrogens with two attached hydrogens (primary N) is 1. The number of hydrogen-bond acceptors (Lipinski definition) is 2. The van der Waals surface area contributed by atoms with Crippen molar-refractivity contribution in [1.82, 2.24) is 4.90 Å². The predicted octanol–water partition coefficient (Wildman–Crippen LogP) is 3.36. The Hall–Kier alpha value is -0.870. The van der Waals surface area contributed by atoms with E-state index < -0.39 is 0 Å². The van der Waals surface area contributed by atoms with Crippen LogP contribution in [0, 0.1) is 5.92 Å². The molecular formula is C17H25BrN2O. The van der Waals surface area contributed by atoms with Crippen LogP contribution in [0.2, 0.25) is 0 Å². The number of rotatable bonds is 4. The molecule has 1 saturated carbocycles. The summed E-state index contributed by atoms with van der Waals surface area (Å²) in [6.45, 7) is 2.77. The van der Waals surface area contributed by atoms with E-state index in [2.05, 4.69) is 28.1 Å². The predicted molar refractivity (Wildman–Crippen MR) is 90.0 cm³/mol. The van der Waals surface area contributed by atoms with Crippen molar-refractivity contribution in [3.63, 3.8) is 0 Å². The van der Waals surface area contributed by atoms with Gasteiger partial charge in [-0.05, 0) is 43.9 Å². The Kier molecular flexibility index (Phi) is 5.44. The summed E-state index contributed by atoms with van der Waals surface area (Å²) in [5, 5.41) is 0. The van der Waals surface area contributed by atoms with Crippen LogP contribution in [0.4, 0.5) is 0 Å². The lowest BCUT2D eigenvalue weighted by Crippen LogP contribution is -2.53. The second-order valence-corrected chi connectivity index (χ2v) is 7.36. The lowest BCUT2D eigenvalue weighted by molar-refractivity contribution is -0.137. The molecule has 2 atom stereocenters. The highest BCUT2D eigenvalue weighted by Gasteiger charge is 2.38. The van der Waals surface area contributed by atoms with Crippen molar-refractivity contribution < 1.29 is 4.79 Å². The van der Waals surface area contributed by atoms with Crippen LogP contribution in [-0.2, 0) is 11.2 Å². The molecule has 2 unspecified atom stereocenters. The Morgan fingerprint density at radius 2 is 2.05 bits per heavy atom. The molecule has 0 aromatic heterocycles. The summed E-state index contributed by atoms with van der Waals surface area (Å²) in [6.07, 6.45) is 5.01. The van der Waals surface area contributed by atoms with Gasteiger partial charge in [0.1, 0.15) is 0 Å². The second kappa shape index (κ2) is 6.93. The second-order valence-electron chi connectivity index (χ2n) is 6.44. The van der Waals surface area contributed by atoms with Gasteiger partial charge in [0, 0.05) is 23.6 Å². The highest BCUT2D eigenvalue weighted by Crippen LogP contribution is 2.32. The molecule has 116 valence electrons. The van der Waals surface area contributed by atoms with E-state index in [0.717, 1.165) is 43.1 Å². The van der Waals surface area contributed by atoms with Crippen molar-refractivity contribution in [2.75, 3.05) is 13.6 Å². The Labute approximate surface area is 136 Å². The van der Waals surface area contributed by atoms with Gasteiger partial charge in [-0.25, -0.2) is 0 Å². The fourth-order valence-corrected chi connectivity index (χ4v) is 3.35. The molecular weight excluding hydrogens is 328 g/mol. The van der Waals surface area contributed by atoms with E-state index in [9.17, 15) is 4.79 Å². The van der Waals surface area contributed by atoms with Gasteiger partial charge in [-0.3, -0.25) is 4.79 Å². The zero-order chi connectivity index (χ0) is 15.5. The summed E-state index contributed by atoms with van der Waals surface area (Å²) in [5.74, 6) is 0.179. The molecule has 2 N–H and O–H groups in total. The Bertz CT molecular complexity index is 484. The van der Waals surface area contributed by atoms with E-state index in [4.69, 9.17) is 5.73 Å². The summed E-state index contributed by atoms with van der Waals surface area (Å²) in [4.78, 5) is 14.5. The van der Waals surface area contributed by atoms with Gasteiger partial charge in [0.15, 0.2) is 0 Å². The van der Waals surface area contributed by atoms with E-state index in [-0.39, 0.29) is 17.4 Å². The lowest BCUT2D eigenvalue weighted by atomic mass is 9.74. The zero-order valence-electron chi connectivity index (χ0n) is 12.9. The van der Waals surface area contributed by atoms with Gasteiger partial charge in [-0.15, -0.1) is 0 Å². The summed E-state index contributed by atoms with van der Waals surface area (Å²) in [5.41, 5.74) is 7.23.